The zero-order valence-corrected chi connectivity index (χ0v) is 12.5. The second kappa shape index (κ2) is 6.11. The minimum Gasteiger partial charge on any atom is -0.377 e. The summed E-state index contributed by atoms with van der Waals surface area (Å²) < 4.78 is 9.95. The summed E-state index contributed by atoms with van der Waals surface area (Å²) in [7, 11) is 1.56. The van der Waals surface area contributed by atoms with Gasteiger partial charge in [0.05, 0.1) is 12.5 Å². The summed E-state index contributed by atoms with van der Waals surface area (Å²) >= 11 is 0. The predicted octanol–water partition coefficient (Wildman–Crippen LogP) is 1.94. The highest BCUT2D eigenvalue weighted by atomic mass is 16.5. The Labute approximate surface area is 128 Å². The van der Waals surface area contributed by atoms with E-state index in [4.69, 9.17) is 9.26 Å². The fraction of sp³-hybridized carbons (Fsp3) is 0.312. The van der Waals surface area contributed by atoms with E-state index in [9.17, 15) is 4.79 Å². The van der Waals surface area contributed by atoms with Crippen LogP contribution in [0, 0.1) is 5.92 Å². The normalized spacial score (nSPS) is 16.7. The summed E-state index contributed by atoms with van der Waals surface area (Å²) in [5.41, 5.74) is 3.30. The van der Waals surface area contributed by atoms with E-state index < -0.39 is 0 Å². The van der Waals surface area contributed by atoms with Crippen LogP contribution in [0.1, 0.15) is 24.2 Å². The van der Waals surface area contributed by atoms with Crippen molar-refractivity contribution in [3.63, 3.8) is 0 Å². The second-order valence-electron chi connectivity index (χ2n) is 5.15. The van der Waals surface area contributed by atoms with E-state index in [1.165, 1.54) is 0 Å². The number of carbonyl (C=O) groups excluding carboxylic acids is 1. The fourth-order valence-corrected chi connectivity index (χ4v) is 2.48. The van der Waals surface area contributed by atoms with Crippen molar-refractivity contribution in [1.82, 2.24) is 15.5 Å². The first-order chi connectivity index (χ1) is 10.7. The lowest BCUT2D eigenvalue weighted by Crippen LogP contribution is -2.26. The third-order valence-corrected chi connectivity index (χ3v) is 3.61. The van der Waals surface area contributed by atoms with E-state index in [-0.39, 0.29) is 18.4 Å². The third kappa shape index (κ3) is 2.92. The van der Waals surface area contributed by atoms with Crippen LogP contribution in [-0.2, 0) is 22.7 Å². The Morgan fingerprint density at radius 2 is 2.14 bits per heavy atom. The van der Waals surface area contributed by atoms with E-state index in [1.807, 2.05) is 37.3 Å². The number of nitrogens with one attached hydrogen (secondary N) is 1. The van der Waals surface area contributed by atoms with Gasteiger partial charge in [-0.3, -0.25) is 4.79 Å². The summed E-state index contributed by atoms with van der Waals surface area (Å²) in [6, 6.07) is 9.93. The van der Waals surface area contributed by atoms with Crippen molar-refractivity contribution < 1.29 is 14.1 Å². The van der Waals surface area contributed by atoms with Gasteiger partial charge >= 0.3 is 0 Å². The molecule has 0 aliphatic heterocycles. The van der Waals surface area contributed by atoms with Gasteiger partial charge < -0.3 is 14.6 Å². The number of benzene rings is 1. The van der Waals surface area contributed by atoms with Gasteiger partial charge in [0.1, 0.15) is 6.61 Å². The maximum absolute atomic E-state index is 12.2. The maximum Gasteiger partial charge on any atom is 0.246 e. The molecule has 1 aromatic heterocycles. The average Bonchev–Trinajstić information content (AvgIpc) is 3.00. The van der Waals surface area contributed by atoms with Gasteiger partial charge in [-0.1, -0.05) is 41.1 Å². The van der Waals surface area contributed by atoms with Crippen molar-refractivity contribution in [2.75, 3.05) is 7.11 Å². The summed E-state index contributed by atoms with van der Waals surface area (Å²) in [4.78, 5) is 16.4. The van der Waals surface area contributed by atoms with E-state index >= 15 is 0 Å². The molecule has 22 heavy (non-hydrogen) atoms. The van der Waals surface area contributed by atoms with Crippen molar-refractivity contribution in [2.45, 2.75) is 20.1 Å². The lowest BCUT2D eigenvalue weighted by atomic mass is 10.1. The maximum atomic E-state index is 12.2. The van der Waals surface area contributed by atoms with E-state index in [0.29, 0.717) is 18.3 Å². The van der Waals surface area contributed by atoms with Gasteiger partial charge in [-0.25, -0.2) is 0 Å². The summed E-state index contributed by atoms with van der Waals surface area (Å²) in [5, 5.41) is 6.58. The van der Waals surface area contributed by atoms with Gasteiger partial charge in [-0.05, 0) is 18.1 Å². The Balaban J connectivity index is 1.55. The van der Waals surface area contributed by atoms with Crippen molar-refractivity contribution in [3.05, 3.63) is 53.2 Å². The summed E-state index contributed by atoms with van der Waals surface area (Å²) in [6.07, 6.45) is 0. The highest BCUT2D eigenvalue weighted by Gasteiger charge is 2.39. The molecule has 1 heterocycles. The minimum absolute atomic E-state index is 0.0390. The molecule has 0 spiro atoms. The van der Waals surface area contributed by atoms with Gasteiger partial charge in [-0.15, -0.1) is 0 Å². The molecule has 6 nitrogen and oxygen atoms in total. The molecule has 1 N–H and O–H groups in total. The van der Waals surface area contributed by atoms with Crippen molar-refractivity contribution >= 4 is 11.5 Å². The summed E-state index contributed by atoms with van der Waals surface area (Å²) in [6.45, 7) is 2.50. The van der Waals surface area contributed by atoms with E-state index in [2.05, 4.69) is 15.5 Å². The third-order valence-electron chi connectivity index (χ3n) is 3.61. The van der Waals surface area contributed by atoms with Crippen LogP contribution in [0.25, 0.3) is 5.57 Å². The predicted molar refractivity (Wildman–Crippen MR) is 79.4 cm³/mol. The van der Waals surface area contributed by atoms with Gasteiger partial charge in [-0.2, -0.15) is 4.98 Å². The molecule has 6 heteroatoms. The Morgan fingerprint density at radius 3 is 2.86 bits per heavy atom. The lowest BCUT2D eigenvalue weighted by Gasteiger charge is -2.03. The number of methoxy groups -OCH3 is 1. The standard InChI is InChI=1S/C16H17N3O3/c1-10-14(11-6-4-3-5-7-11)15(10)16(20)17-8-13-18-12(9-21-2)19-22-13/h3-7,15H,8-9H2,1-2H3,(H,17,20). The second-order valence-corrected chi connectivity index (χ2v) is 5.15. The molecule has 114 valence electrons. The van der Waals surface area contributed by atoms with E-state index in [0.717, 1.165) is 16.7 Å². The first kappa shape index (κ1) is 14.5. The molecule has 1 amide bonds. The SMILES string of the molecule is COCc1noc(CNC(=O)C2C(C)=C2c2ccccc2)n1. The molecule has 0 saturated carbocycles. The van der Waals surface area contributed by atoms with Gasteiger partial charge in [0.25, 0.3) is 0 Å². The first-order valence-corrected chi connectivity index (χ1v) is 7.05. The molecule has 0 saturated heterocycles. The molecular weight excluding hydrogens is 282 g/mol. The van der Waals surface area contributed by atoms with Crippen LogP contribution >= 0.6 is 0 Å². The molecule has 1 unspecified atom stereocenters. The molecule has 1 aliphatic rings. The lowest BCUT2D eigenvalue weighted by molar-refractivity contribution is -0.121. The number of hydrogen-bond donors (Lipinski definition) is 1. The van der Waals surface area contributed by atoms with Gasteiger partial charge in [0.15, 0.2) is 5.82 Å². The molecular formula is C16H17N3O3. The highest BCUT2D eigenvalue weighted by Crippen LogP contribution is 2.46. The number of hydrogen-bond acceptors (Lipinski definition) is 5. The molecule has 2 aromatic rings. The van der Waals surface area contributed by atoms with Crippen LogP contribution in [0.4, 0.5) is 0 Å². The van der Waals surface area contributed by atoms with Crippen molar-refractivity contribution in [1.29, 1.82) is 0 Å². The van der Waals surface area contributed by atoms with Crippen LogP contribution in [0.5, 0.6) is 0 Å². The monoisotopic (exact) mass is 299 g/mol. The van der Waals surface area contributed by atoms with Crippen LogP contribution < -0.4 is 5.32 Å². The molecule has 1 atom stereocenters. The zero-order valence-electron chi connectivity index (χ0n) is 12.5. The number of ether oxygens (including phenoxy) is 1. The minimum atomic E-state index is -0.149. The Morgan fingerprint density at radius 1 is 1.36 bits per heavy atom. The van der Waals surface area contributed by atoms with Crippen LogP contribution in [-0.4, -0.2) is 23.2 Å². The largest absolute Gasteiger partial charge is 0.377 e. The molecule has 1 aliphatic carbocycles. The van der Waals surface area contributed by atoms with Crippen LogP contribution in [0.3, 0.4) is 0 Å². The van der Waals surface area contributed by atoms with Crippen molar-refractivity contribution in [3.8, 4) is 0 Å². The average molecular weight is 299 g/mol. The smallest absolute Gasteiger partial charge is 0.246 e. The Kier molecular flexibility index (Phi) is 4.02. The molecule has 1 aromatic carbocycles. The molecule has 3 rings (SSSR count). The van der Waals surface area contributed by atoms with E-state index in [1.54, 1.807) is 7.11 Å². The van der Waals surface area contributed by atoms with Crippen LogP contribution in [0.15, 0.2) is 40.4 Å². The number of nitrogens with zero attached hydrogens (tertiary/aromatic N) is 2. The van der Waals surface area contributed by atoms with Crippen molar-refractivity contribution in [2.24, 2.45) is 5.92 Å². The molecule has 0 fully saturated rings. The number of rotatable bonds is 6. The Bertz CT molecular complexity index is 706. The zero-order chi connectivity index (χ0) is 15.5. The van der Waals surface area contributed by atoms with Gasteiger partial charge in [0.2, 0.25) is 11.8 Å². The number of amides is 1. The molecule has 0 radical (unpaired) electrons. The topological polar surface area (TPSA) is 77.3 Å². The highest BCUT2D eigenvalue weighted by molar-refractivity contribution is 6.05. The van der Waals surface area contributed by atoms with Gasteiger partial charge in [0, 0.05) is 7.11 Å². The number of aromatic nitrogens is 2. The number of carbonyl (C=O) groups is 1. The Hall–Kier alpha value is -2.47. The quantitative estimate of drug-likeness (QED) is 0.882. The van der Waals surface area contributed by atoms with Crippen LogP contribution in [0.2, 0.25) is 0 Å². The first-order valence-electron chi connectivity index (χ1n) is 7.05. The molecule has 0 bridgehead atoms. The fourth-order valence-electron chi connectivity index (χ4n) is 2.48. The summed E-state index contributed by atoms with van der Waals surface area (Å²) in [5.74, 6) is 0.657.